The Labute approximate surface area is 98.2 Å². The molecule has 0 aromatic rings. The highest BCUT2D eigenvalue weighted by atomic mass is 35.5. The van der Waals surface area contributed by atoms with Crippen LogP contribution in [0.3, 0.4) is 0 Å². The van der Waals surface area contributed by atoms with E-state index in [0.717, 1.165) is 0 Å². The number of nitrogens with two attached hydrogens (primary N) is 1. The van der Waals surface area contributed by atoms with Gasteiger partial charge < -0.3 is 10.5 Å². The van der Waals surface area contributed by atoms with E-state index in [0.29, 0.717) is 19.5 Å². The molecule has 0 fully saturated rings. The lowest BCUT2D eigenvalue weighted by molar-refractivity contribution is 0.0911. The van der Waals surface area contributed by atoms with E-state index in [4.69, 9.17) is 10.5 Å². The van der Waals surface area contributed by atoms with E-state index in [1.54, 1.807) is 0 Å². The Kier molecular flexibility index (Phi) is 10.9. The van der Waals surface area contributed by atoms with Crippen LogP contribution in [0.5, 0.6) is 0 Å². The van der Waals surface area contributed by atoms with Crippen LogP contribution in [0.15, 0.2) is 0 Å². The fraction of sp³-hybridized carbons (Fsp3) is 1.00. The maximum absolute atomic E-state index is 11.3. The van der Waals surface area contributed by atoms with Crippen molar-refractivity contribution in [1.29, 1.82) is 0 Å². The van der Waals surface area contributed by atoms with Gasteiger partial charge in [-0.1, -0.05) is 0 Å². The van der Waals surface area contributed by atoms with Gasteiger partial charge >= 0.3 is 0 Å². The zero-order chi connectivity index (χ0) is 11.0. The first kappa shape index (κ1) is 17.5. The summed E-state index contributed by atoms with van der Waals surface area (Å²) in [6.07, 6.45) is 0.721. The average molecular weight is 261 g/mol. The molecule has 0 unspecified atom stereocenters. The predicted molar refractivity (Wildman–Crippen MR) is 63.8 cm³/mol. The van der Waals surface area contributed by atoms with Gasteiger partial charge in [-0.3, -0.25) is 0 Å². The quantitative estimate of drug-likeness (QED) is 0.607. The molecule has 0 radical (unpaired) electrons. The summed E-state index contributed by atoms with van der Waals surface area (Å²) in [5, 5.41) is 0. The molecule has 0 rings (SSSR count). The summed E-state index contributed by atoms with van der Waals surface area (Å²) in [7, 11) is -3.18. The van der Waals surface area contributed by atoms with Crippen molar-refractivity contribution in [3.8, 4) is 0 Å². The highest BCUT2D eigenvalue weighted by Crippen LogP contribution is 1.90. The molecule has 0 spiro atoms. The Morgan fingerprint density at radius 1 is 1.40 bits per heavy atom. The van der Waals surface area contributed by atoms with Gasteiger partial charge in [0.15, 0.2) is 0 Å². The van der Waals surface area contributed by atoms with Gasteiger partial charge in [0.2, 0.25) is 10.0 Å². The largest absolute Gasteiger partial charge is 0.378 e. The molecular formula is C8H21ClN2O3S. The van der Waals surface area contributed by atoms with E-state index in [1.165, 1.54) is 0 Å². The number of hydrogen-bond acceptors (Lipinski definition) is 4. The molecule has 15 heavy (non-hydrogen) atoms. The number of ether oxygens (including phenoxy) is 1. The van der Waals surface area contributed by atoms with Gasteiger partial charge in [0, 0.05) is 6.54 Å². The van der Waals surface area contributed by atoms with E-state index < -0.39 is 10.0 Å². The Morgan fingerprint density at radius 2 is 2.00 bits per heavy atom. The van der Waals surface area contributed by atoms with Crippen molar-refractivity contribution in [1.82, 2.24) is 4.72 Å². The van der Waals surface area contributed by atoms with Gasteiger partial charge in [0.05, 0.1) is 18.5 Å². The molecule has 0 heterocycles. The van der Waals surface area contributed by atoms with Crippen molar-refractivity contribution in [2.24, 2.45) is 5.73 Å². The summed E-state index contributed by atoms with van der Waals surface area (Å²) in [6, 6.07) is 0. The molecule has 0 amide bonds. The van der Waals surface area contributed by atoms with Crippen molar-refractivity contribution in [3.05, 3.63) is 0 Å². The average Bonchev–Trinajstić information content (AvgIpc) is 2.03. The fourth-order valence-corrected chi connectivity index (χ4v) is 1.71. The normalized spacial score (nSPS) is 11.5. The van der Waals surface area contributed by atoms with Crippen LogP contribution in [0, 0.1) is 0 Å². The number of nitrogens with one attached hydrogen (secondary N) is 1. The van der Waals surface area contributed by atoms with E-state index in [-0.39, 0.29) is 30.9 Å². The lowest BCUT2D eigenvalue weighted by Crippen LogP contribution is -2.30. The van der Waals surface area contributed by atoms with E-state index in [1.807, 2.05) is 13.8 Å². The SMILES string of the molecule is CC(C)OCCS(=O)(=O)NCCCN.Cl. The Bertz CT molecular complexity index is 232. The first-order valence-corrected chi connectivity index (χ1v) is 6.42. The summed E-state index contributed by atoms with van der Waals surface area (Å²) >= 11 is 0. The Hall–Kier alpha value is 0.120. The number of rotatable bonds is 8. The van der Waals surface area contributed by atoms with Gasteiger partial charge in [-0.05, 0) is 26.8 Å². The fourth-order valence-electron chi connectivity index (χ4n) is 0.795. The molecule has 0 aliphatic carbocycles. The highest BCUT2D eigenvalue weighted by molar-refractivity contribution is 7.89. The third kappa shape index (κ3) is 12.0. The molecule has 0 saturated carbocycles. The lowest BCUT2D eigenvalue weighted by atomic mass is 10.4. The number of hydrogen-bond donors (Lipinski definition) is 2. The molecule has 94 valence electrons. The van der Waals surface area contributed by atoms with Crippen molar-refractivity contribution >= 4 is 22.4 Å². The zero-order valence-corrected chi connectivity index (χ0v) is 10.9. The summed E-state index contributed by atoms with van der Waals surface area (Å²) in [6.45, 7) is 4.87. The van der Waals surface area contributed by atoms with Gasteiger partial charge in [0.1, 0.15) is 0 Å². The minimum Gasteiger partial charge on any atom is -0.378 e. The molecule has 0 saturated heterocycles. The molecule has 0 aromatic carbocycles. The smallest absolute Gasteiger partial charge is 0.213 e. The summed E-state index contributed by atoms with van der Waals surface area (Å²) in [5.41, 5.74) is 5.24. The molecule has 0 bridgehead atoms. The molecule has 0 aliphatic heterocycles. The Balaban J connectivity index is 0. The number of sulfonamides is 1. The van der Waals surface area contributed by atoms with Crippen LogP contribution in [0.2, 0.25) is 0 Å². The molecule has 3 N–H and O–H groups in total. The summed E-state index contributed by atoms with van der Waals surface area (Å²) in [5.74, 6) is 0.00967. The molecule has 7 heteroatoms. The summed E-state index contributed by atoms with van der Waals surface area (Å²) < 4.78 is 30.1. The van der Waals surface area contributed by atoms with Crippen molar-refractivity contribution < 1.29 is 13.2 Å². The Morgan fingerprint density at radius 3 is 2.47 bits per heavy atom. The van der Waals surface area contributed by atoms with Crippen molar-refractivity contribution in [2.75, 3.05) is 25.4 Å². The van der Waals surface area contributed by atoms with E-state index in [9.17, 15) is 8.42 Å². The van der Waals surface area contributed by atoms with Crippen LogP contribution < -0.4 is 10.5 Å². The zero-order valence-electron chi connectivity index (χ0n) is 9.23. The second kappa shape index (κ2) is 9.35. The van der Waals surface area contributed by atoms with Crippen molar-refractivity contribution in [3.63, 3.8) is 0 Å². The van der Waals surface area contributed by atoms with Crippen molar-refractivity contribution in [2.45, 2.75) is 26.4 Å². The first-order valence-electron chi connectivity index (χ1n) is 4.77. The minimum atomic E-state index is -3.18. The van der Waals surface area contributed by atoms with Gasteiger partial charge in [-0.2, -0.15) is 0 Å². The first-order chi connectivity index (χ1) is 6.48. The maximum atomic E-state index is 11.3. The lowest BCUT2D eigenvalue weighted by Gasteiger charge is -2.08. The monoisotopic (exact) mass is 260 g/mol. The summed E-state index contributed by atoms with van der Waals surface area (Å²) in [4.78, 5) is 0. The van der Waals surface area contributed by atoms with Crippen LogP contribution >= 0.6 is 12.4 Å². The van der Waals surface area contributed by atoms with Gasteiger partial charge in [0.25, 0.3) is 0 Å². The molecule has 0 atom stereocenters. The van der Waals surface area contributed by atoms with Crippen LogP contribution in [0.1, 0.15) is 20.3 Å². The van der Waals surface area contributed by atoms with Crippen LogP contribution in [0.25, 0.3) is 0 Å². The van der Waals surface area contributed by atoms with Gasteiger partial charge in [-0.25, -0.2) is 13.1 Å². The molecule has 5 nitrogen and oxygen atoms in total. The third-order valence-corrected chi connectivity index (χ3v) is 2.85. The second-order valence-electron chi connectivity index (χ2n) is 3.27. The van der Waals surface area contributed by atoms with E-state index in [2.05, 4.69) is 4.72 Å². The molecule has 0 aromatic heterocycles. The van der Waals surface area contributed by atoms with Crippen LogP contribution in [-0.4, -0.2) is 40.0 Å². The van der Waals surface area contributed by atoms with Gasteiger partial charge in [-0.15, -0.1) is 12.4 Å². The minimum absolute atomic E-state index is 0. The van der Waals surface area contributed by atoms with Crippen LogP contribution in [-0.2, 0) is 14.8 Å². The molecule has 0 aliphatic rings. The number of halogens is 1. The highest BCUT2D eigenvalue weighted by Gasteiger charge is 2.09. The predicted octanol–water partition coefficient (Wildman–Crippen LogP) is 0.101. The van der Waals surface area contributed by atoms with Crippen LogP contribution in [0.4, 0.5) is 0 Å². The molecular weight excluding hydrogens is 240 g/mol. The standard InChI is InChI=1S/C8H20N2O3S.ClH/c1-8(2)13-6-7-14(11,12)10-5-3-4-9;/h8,10H,3-7,9H2,1-2H3;1H. The topological polar surface area (TPSA) is 81.4 Å². The second-order valence-corrected chi connectivity index (χ2v) is 5.20. The maximum Gasteiger partial charge on any atom is 0.213 e. The third-order valence-electron chi connectivity index (χ3n) is 1.51. The van der Waals surface area contributed by atoms with E-state index >= 15 is 0 Å².